The lowest BCUT2D eigenvalue weighted by Crippen LogP contribution is -2.29. The molecule has 1 rings (SSSR count). The van der Waals surface area contributed by atoms with Gasteiger partial charge in [0.05, 0.1) is 0 Å². The summed E-state index contributed by atoms with van der Waals surface area (Å²) in [5.41, 5.74) is 0.874. The van der Waals surface area contributed by atoms with Gasteiger partial charge in [0.15, 0.2) is 0 Å². The lowest BCUT2D eigenvalue weighted by atomic mass is 10.1. The summed E-state index contributed by atoms with van der Waals surface area (Å²) < 4.78 is 1.56. The van der Waals surface area contributed by atoms with Gasteiger partial charge in [-0.1, -0.05) is 19.8 Å². The Bertz CT molecular complexity index is 474. The van der Waals surface area contributed by atoms with Gasteiger partial charge in [0.25, 0.3) is 5.56 Å². The molecular weight excluding hydrogens is 218 g/mol. The van der Waals surface area contributed by atoms with Crippen LogP contribution in [0.3, 0.4) is 0 Å². The van der Waals surface area contributed by atoms with Gasteiger partial charge in [-0.15, -0.1) is 0 Å². The molecule has 1 heterocycles. The molecule has 4 nitrogen and oxygen atoms in total. The van der Waals surface area contributed by atoms with Crippen molar-refractivity contribution in [2.75, 3.05) is 0 Å². The summed E-state index contributed by atoms with van der Waals surface area (Å²) in [6, 6.07) is 1.76. The van der Waals surface area contributed by atoms with Crippen molar-refractivity contribution < 1.29 is 9.90 Å². The molecule has 0 saturated carbocycles. The van der Waals surface area contributed by atoms with Crippen LogP contribution in [0, 0.1) is 13.8 Å². The first-order chi connectivity index (χ1) is 7.99. The monoisotopic (exact) mass is 237 g/mol. The minimum Gasteiger partial charge on any atom is -0.477 e. The molecule has 0 saturated heterocycles. The molecule has 1 aromatic rings. The van der Waals surface area contributed by atoms with Gasteiger partial charge in [-0.3, -0.25) is 4.79 Å². The van der Waals surface area contributed by atoms with Crippen LogP contribution in [0.2, 0.25) is 0 Å². The number of carboxylic acids is 1. The topological polar surface area (TPSA) is 59.3 Å². The number of rotatable bonds is 5. The van der Waals surface area contributed by atoms with E-state index < -0.39 is 5.97 Å². The summed E-state index contributed by atoms with van der Waals surface area (Å²) >= 11 is 0. The van der Waals surface area contributed by atoms with Gasteiger partial charge in [-0.05, 0) is 31.9 Å². The molecular formula is C13H19NO3. The van der Waals surface area contributed by atoms with Crippen molar-refractivity contribution in [3.8, 4) is 0 Å². The smallest absolute Gasteiger partial charge is 0.341 e. The Labute approximate surface area is 101 Å². The molecule has 0 bridgehead atoms. The standard InChI is InChI=1S/C13H19NO3/c1-4-5-6-7-14-10(3)8-9(2)11(12(14)15)13(16)17/h8H,4-7H2,1-3H3,(H,16,17). The third-order valence-corrected chi connectivity index (χ3v) is 2.90. The maximum atomic E-state index is 12.0. The van der Waals surface area contributed by atoms with Crippen LogP contribution in [0.15, 0.2) is 10.9 Å². The number of carboxylic acid groups (broad SMARTS) is 1. The van der Waals surface area contributed by atoms with Crippen molar-refractivity contribution in [3.63, 3.8) is 0 Å². The maximum absolute atomic E-state index is 12.0. The fourth-order valence-electron chi connectivity index (χ4n) is 1.99. The molecule has 94 valence electrons. The Kier molecular flexibility index (Phi) is 4.49. The molecule has 0 radical (unpaired) electrons. The molecule has 4 heteroatoms. The molecule has 0 aromatic carbocycles. The Balaban J connectivity index is 3.17. The summed E-state index contributed by atoms with van der Waals surface area (Å²) in [4.78, 5) is 23.1. The van der Waals surface area contributed by atoms with Crippen LogP contribution >= 0.6 is 0 Å². The van der Waals surface area contributed by atoms with Crippen molar-refractivity contribution >= 4 is 5.97 Å². The van der Waals surface area contributed by atoms with E-state index in [0.717, 1.165) is 25.0 Å². The first-order valence-electron chi connectivity index (χ1n) is 5.93. The summed E-state index contributed by atoms with van der Waals surface area (Å²) in [6.07, 6.45) is 3.02. The number of aromatic nitrogens is 1. The van der Waals surface area contributed by atoms with Gasteiger partial charge < -0.3 is 9.67 Å². The first kappa shape index (κ1) is 13.5. The van der Waals surface area contributed by atoms with Crippen LogP contribution in [-0.4, -0.2) is 15.6 Å². The number of aryl methyl sites for hydroxylation is 2. The molecule has 1 aromatic heterocycles. The van der Waals surface area contributed by atoms with Gasteiger partial charge in [-0.2, -0.15) is 0 Å². The fraction of sp³-hybridized carbons (Fsp3) is 0.538. The lowest BCUT2D eigenvalue weighted by Gasteiger charge is -2.12. The first-order valence-corrected chi connectivity index (χ1v) is 5.93. The van der Waals surface area contributed by atoms with Crippen LogP contribution in [-0.2, 0) is 6.54 Å². The number of carbonyl (C=O) groups is 1. The molecule has 17 heavy (non-hydrogen) atoms. The highest BCUT2D eigenvalue weighted by Gasteiger charge is 2.15. The van der Waals surface area contributed by atoms with E-state index in [1.165, 1.54) is 0 Å². The average molecular weight is 237 g/mol. The lowest BCUT2D eigenvalue weighted by molar-refractivity contribution is 0.0693. The summed E-state index contributed by atoms with van der Waals surface area (Å²) in [7, 11) is 0. The van der Waals surface area contributed by atoms with E-state index in [0.29, 0.717) is 12.1 Å². The van der Waals surface area contributed by atoms with Gasteiger partial charge in [0, 0.05) is 12.2 Å². The predicted molar refractivity (Wildman–Crippen MR) is 66.7 cm³/mol. The zero-order valence-corrected chi connectivity index (χ0v) is 10.6. The third kappa shape index (κ3) is 2.96. The largest absolute Gasteiger partial charge is 0.477 e. The Hall–Kier alpha value is -1.58. The highest BCUT2D eigenvalue weighted by molar-refractivity contribution is 5.88. The van der Waals surface area contributed by atoms with E-state index in [2.05, 4.69) is 6.92 Å². The molecule has 0 amide bonds. The quantitative estimate of drug-likeness (QED) is 0.800. The van der Waals surface area contributed by atoms with E-state index in [9.17, 15) is 9.59 Å². The summed E-state index contributed by atoms with van der Waals surface area (Å²) in [5.74, 6) is -1.14. The van der Waals surface area contributed by atoms with Gasteiger partial charge >= 0.3 is 5.97 Å². The fourth-order valence-corrected chi connectivity index (χ4v) is 1.99. The van der Waals surface area contributed by atoms with Crippen molar-refractivity contribution in [3.05, 3.63) is 33.2 Å². The van der Waals surface area contributed by atoms with Crippen molar-refractivity contribution in [2.45, 2.75) is 46.6 Å². The zero-order valence-electron chi connectivity index (χ0n) is 10.6. The van der Waals surface area contributed by atoms with Crippen LogP contribution in [0.25, 0.3) is 0 Å². The number of unbranched alkanes of at least 4 members (excludes halogenated alkanes) is 2. The van der Waals surface area contributed by atoms with Crippen molar-refractivity contribution in [2.24, 2.45) is 0 Å². The Morgan fingerprint density at radius 2 is 2.00 bits per heavy atom. The van der Waals surface area contributed by atoms with E-state index in [1.54, 1.807) is 17.6 Å². The van der Waals surface area contributed by atoms with Crippen LogP contribution in [0.1, 0.15) is 47.8 Å². The number of nitrogens with zero attached hydrogens (tertiary/aromatic N) is 1. The second-order valence-corrected chi connectivity index (χ2v) is 4.31. The van der Waals surface area contributed by atoms with Gasteiger partial charge in [0.1, 0.15) is 5.56 Å². The third-order valence-electron chi connectivity index (χ3n) is 2.90. The summed E-state index contributed by atoms with van der Waals surface area (Å²) in [5, 5.41) is 9.02. The number of hydrogen-bond acceptors (Lipinski definition) is 2. The Morgan fingerprint density at radius 3 is 2.53 bits per heavy atom. The Morgan fingerprint density at radius 1 is 1.35 bits per heavy atom. The molecule has 0 unspecified atom stereocenters. The van der Waals surface area contributed by atoms with Crippen molar-refractivity contribution in [1.82, 2.24) is 4.57 Å². The highest BCUT2D eigenvalue weighted by atomic mass is 16.4. The van der Waals surface area contributed by atoms with E-state index in [1.807, 2.05) is 6.92 Å². The van der Waals surface area contributed by atoms with E-state index >= 15 is 0 Å². The number of aromatic carboxylic acids is 1. The molecule has 0 fully saturated rings. The average Bonchev–Trinajstić information content (AvgIpc) is 2.21. The van der Waals surface area contributed by atoms with Crippen LogP contribution in [0.5, 0.6) is 0 Å². The van der Waals surface area contributed by atoms with E-state index in [-0.39, 0.29) is 11.1 Å². The highest BCUT2D eigenvalue weighted by Crippen LogP contribution is 2.08. The summed E-state index contributed by atoms with van der Waals surface area (Å²) in [6.45, 7) is 6.19. The van der Waals surface area contributed by atoms with Crippen LogP contribution in [0.4, 0.5) is 0 Å². The second-order valence-electron chi connectivity index (χ2n) is 4.31. The van der Waals surface area contributed by atoms with Gasteiger partial charge in [-0.25, -0.2) is 4.79 Å². The molecule has 0 spiro atoms. The second kappa shape index (κ2) is 5.66. The molecule has 0 aliphatic carbocycles. The SMILES string of the molecule is CCCCCn1c(C)cc(C)c(C(=O)O)c1=O. The molecule has 0 aliphatic heterocycles. The molecule has 0 aliphatic rings. The van der Waals surface area contributed by atoms with E-state index in [4.69, 9.17) is 5.11 Å². The number of pyridine rings is 1. The predicted octanol–water partition coefficient (Wildman–Crippen LogP) is 2.35. The molecule has 1 N–H and O–H groups in total. The number of hydrogen-bond donors (Lipinski definition) is 1. The van der Waals surface area contributed by atoms with Gasteiger partial charge in [0.2, 0.25) is 0 Å². The normalized spacial score (nSPS) is 10.5. The minimum atomic E-state index is -1.14. The minimum absolute atomic E-state index is 0.105. The maximum Gasteiger partial charge on any atom is 0.341 e. The molecule has 0 atom stereocenters. The van der Waals surface area contributed by atoms with Crippen LogP contribution < -0.4 is 5.56 Å². The van der Waals surface area contributed by atoms with Crippen molar-refractivity contribution in [1.29, 1.82) is 0 Å². The zero-order chi connectivity index (χ0) is 13.0.